The SMILES string of the molecule is COc1cc2nc(CN(C)C3CCCc4ccccc43)[nH]c(=O)c2cc1OC. The van der Waals surface area contributed by atoms with Gasteiger partial charge in [-0.25, -0.2) is 4.98 Å². The van der Waals surface area contributed by atoms with Gasteiger partial charge in [0, 0.05) is 12.1 Å². The Labute approximate surface area is 164 Å². The number of H-pyrrole nitrogens is 1. The molecule has 1 heterocycles. The van der Waals surface area contributed by atoms with Crippen LogP contribution in [-0.4, -0.2) is 36.1 Å². The van der Waals surface area contributed by atoms with Gasteiger partial charge in [-0.3, -0.25) is 9.69 Å². The summed E-state index contributed by atoms with van der Waals surface area (Å²) < 4.78 is 10.6. The predicted molar refractivity (Wildman–Crippen MR) is 109 cm³/mol. The van der Waals surface area contributed by atoms with Crippen molar-refractivity contribution >= 4 is 10.9 Å². The maximum Gasteiger partial charge on any atom is 0.258 e. The lowest BCUT2D eigenvalue weighted by Crippen LogP contribution is -2.29. The van der Waals surface area contributed by atoms with Crippen LogP contribution < -0.4 is 15.0 Å². The Kier molecular flexibility index (Phi) is 5.05. The molecule has 0 spiro atoms. The highest BCUT2D eigenvalue weighted by Crippen LogP contribution is 2.34. The molecule has 1 aromatic heterocycles. The molecule has 0 fully saturated rings. The number of nitrogens with zero attached hydrogens (tertiary/aromatic N) is 2. The molecule has 0 saturated carbocycles. The Morgan fingerprint density at radius 1 is 1.18 bits per heavy atom. The van der Waals surface area contributed by atoms with Crippen molar-refractivity contribution in [3.8, 4) is 11.5 Å². The van der Waals surface area contributed by atoms with Gasteiger partial charge in [-0.15, -0.1) is 0 Å². The van der Waals surface area contributed by atoms with Gasteiger partial charge in [0.05, 0.1) is 31.7 Å². The number of hydrogen-bond donors (Lipinski definition) is 1. The number of fused-ring (bicyclic) bond motifs is 2. The van der Waals surface area contributed by atoms with E-state index in [0.29, 0.717) is 40.8 Å². The van der Waals surface area contributed by atoms with Crippen LogP contribution in [0.25, 0.3) is 10.9 Å². The molecule has 2 aromatic carbocycles. The van der Waals surface area contributed by atoms with Crippen LogP contribution in [0.5, 0.6) is 11.5 Å². The molecule has 0 radical (unpaired) electrons. The molecule has 1 aliphatic rings. The summed E-state index contributed by atoms with van der Waals surface area (Å²) in [5.74, 6) is 1.73. The van der Waals surface area contributed by atoms with Crippen LogP contribution in [0.2, 0.25) is 0 Å². The maximum atomic E-state index is 12.6. The molecule has 1 unspecified atom stereocenters. The van der Waals surface area contributed by atoms with E-state index in [2.05, 4.69) is 46.2 Å². The van der Waals surface area contributed by atoms with Crippen molar-refractivity contribution in [3.63, 3.8) is 0 Å². The number of aromatic amines is 1. The molecule has 0 amide bonds. The number of aryl methyl sites for hydroxylation is 1. The number of ether oxygens (including phenoxy) is 2. The van der Waals surface area contributed by atoms with Crippen LogP contribution in [0.15, 0.2) is 41.2 Å². The molecule has 1 N–H and O–H groups in total. The van der Waals surface area contributed by atoms with Crippen LogP contribution >= 0.6 is 0 Å². The molecule has 0 saturated heterocycles. The normalized spacial score (nSPS) is 16.2. The van der Waals surface area contributed by atoms with Gasteiger partial charge in [0.1, 0.15) is 5.82 Å². The molecule has 1 aliphatic carbocycles. The van der Waals surface area contributed by atoms with Gasteiger partial charge in [-0.1, -0.05) is 24.3 Å². The molecule has 6 nitrogen and oxygen atoms in total. The highest BCUT2D eigenvalue weighted by Gasteiger charge is 2.24. The first-order valence-electron chi connectivity index (χ1n) is 9.53. The molecular weight excluding hydrogens is 354 g/mol. The van der Waals surface area contributed by atoms with Gasteiger partial charge >= 0.3 is 0 Å². The second kappa shape index (κ2) is 7.64. The summed E-state index contributed by atoms with van der Waals surface area (Å²) in [7, 11) is 5.22. The highest BCUT2D eigenvalue weighted by atomic mass is 16.5. The van der Waals surface area contributed by atoms with Crippen molar-refractivity contribution in [1.29, 1.82) is 0 Å². The fraction of sp³-hybridized carbons (Fsp3) is 0.364. The zero-order valence-corrected chi connectivity index (χ0v) is 16.5. The molecule has 6 heteroatoms. The first-order chi connectivity index (χ1) is 13.6. The van der Waals surface area contributed by atoms with Gasteiger partial charge < -0.3 is 14.5 Å². The number of hydrogen-bond acceptors (Lipinski definition) is 5. The molecule has 146 valence electrons. The second-order valence-electron chi connectivity index (χ2n) is 7.26. The minimum Gasteiger partial charge on any atom is -0.493 e. The van der Waals surface area contributed by atoms with Gasteiger partial charge in [0.2, 0.25) is 0 Å². The first-order valence-corrected chi connectivity index (χ1v) is 9.53. The molecule has 3 aromatic rings. The smallest absolute Gasteiger partial charge is 0.258 e. The van der Waals surface area contributed by atoms with Gasteiger partial charge in [0.25, 0.3) is 5.56 Å². The maximum absolute atomic E-state index is 12.6. The van der Waals surface area contributed by atoms with Gasteiger partial charge in [-0.2, -0.15) is 0 Å². The Morgan fingerprint density at radius 2 is 1.93 bits per heavy atom. The zero-order chi connectivity index (χ0) is 19.7. The predicted octanol–water partition coefficient (Wildman–Crippen LogP) is 3.45. The van der Waals surface area contributed by atoms with E-state index in [4.69, 9.17) is 9.47 Å². The topological polar surface area (TPSA) is 67.5 Å². The third-order valence-corrected chi connectivity index (χ3v) is 5.53. The van der Waals surface area contributed by atoms with Crippen molar-refractivity contribution in [2.45, 2.75) is 31.8 Å². The lowest BCUT2D eigenvalue weighted by atomic mass is 9.87. The number of aromatic nitrogens is 2. The Balaban J connectivity index is 1.66. The third kappa shape index (κ3) is 3.36. The summed E-state index contributed by atoms with van der Waals surface area (Å²) in [6.07, 6.45) is 3.41. The van der Waals surface area contributed by atoms with Crippen molar-refractivity contribution < 1.29 is 9.47 Å². The largest absolute Gasteiger partial charge is 0.493 e. The van der Waals surface area contributed by atoms with Gasteiger partial charge in [-0.05, 0) is 43.5 Å². The number of methoxy groups -OCH3 is 2. The summed E-state index contributed by atoms with van der Waals surface area (Å²) in [6, 6.07) is 12.4. The quantitative estimate of drug-likeness (QED) is 0.735. The van der Waals surface area contributed by atoms with E-state index in [0.717, 1.165) is 12.8 Å². The van der Waals surface area contributed by atoms with E-state index in [1.165, 1.54) is 17.5 Å². The summed E-state index contributed by atoms with van der Waals surface area (Å²) in [6.45, 7) is 0.568. The average molecular weight is 379 g/mol. The minimum atomic E-state index is -0.168. The standard InChI is InChI=1S/C22H25N3O3/c1-25(18-10-6-8-14-7-4-5-9-15(14)18)13-21-23-17-12-20(28-3)19(27-2)11-16(17)22(26)24-21/h4-5,7,9,11-12,18H,6,8,10,13H2,1-3H3,(H,23,24,26). The van der Waals surface area contributed by atoms with Crippen LogP contribution in [0, 0.1) is 0 Å². The first kappa shape index (κ1) is 18.5. The number of benzene rings is 2. The van der Waals surface area contributed by atoms with E-state index >= 15 is 0 Å². The zero-order valence-electron chi connectivity index (χ0n) is 16.5. The van der Waals surface area contributed by atoms with Crippen LogP contribution in [-0.2, 0) is 13.0 Å². The Bertz CT molecular complexity index is 1060. The summed E-state index contributed by atoms with van der Waals surface area (Å²) in [5, 5.41) is 0.493. The number of rotatable bonds is 5. The highest BCUT2D eigenvalue weighted by molar-refractivity contribution is 5.81. The molecule has 0 bridgehead atoms. The Morgan fingerprint density at radius 3 is 2.71 bits per heavy atom. The van der Waals surface area contributed by atoms with Crippen LogP contribution in [0.3, 0.4) is 0 Å². The van der Waals surface area contributed by atoms with E-state index in [-0.39, 0.29) is 5.56 Å². The molecule has 28 heavy (non-hydrogen) atoms. The fourth-order valence-corrected chi connectivity index (χ4v) is 4.12. The monoisotopic (exact) mass is 379 g/mol. The fourth-order valence-electron chi connectivity index (χ4n) is 4.12. The van der Waals surface area contributed by atoms with Gasteiger partial charge in [0.15, 0.2) is 11.5 Å². The lowest BCUT2D eigenvalue weighted by molar-refractivity contribution is 0.208. The lowest BCUT2D eigenvalue weighted by Gasteiger charge is -2.33. The summed E-state index contributed by atoms with van der Waals surface area (Å²) in [4.78, 5) is 22.5. The Hall–Kier alpha value is -2.86. The van der Waals surface area contributed by atoms with E-state index < -0.39 is 0 Å². The second-order valence-corrected chi connectivity index (χ2v) is 7.26. The van der Waals surface area contributed by atoms with Crippen molar-refractivity contribution in [3.05, 3.63) is 63.7 Å². The molecule has 1 atom stereocenters. The van der Waals surface area contributed by atoms with Crippen molar-refractivity contribution in [2.24, 2.45) is 0 Å². The van der Waals surface area contributed by atoms with E-state index in [1.54, 1.807) is 26.4 Å². The van der Waals surface area contributed by atoms with Crippen molar-refractivity contribution in [1.82, 2.24) is 14.9 Å². The third-order valence-electron chi connectivity index (χ3n) is 5.53. The summed E-state index contributed by atoms with van der Waals surface area (Å²) in [5.41, 5.74) is 3.24. The van der Waals surface area contributed by atoms with Crippen LogP contribution in [0.1, 0.15) is 35.8 Å². The van der Waals surface area contributed by atoms with E-state index in [9.17, 15) is 4.79 Å². The minimum absolute atomic E-state index is 0.168. The van der Waals surface area contributed by atoms with Crippen molar-refractivity contribution in [2.75, 3.05) is 21.3 Å². The van der Waals surface area contributed by atoms with Crippen LogP contribution in [0.4, 0.5) is 0 Å². The molecular formula is C22H25N3O3. The average Bonchev–Trinajstić information content (AvgIpc) is 2.72. The summed E-state index contributed by atoms with van der Waals surface area (Å²) >= 11 is 0. The van der Waals surface area contributed by atoms with E-state index in [1.807, 2.05) is 0 Å². The number of nitrogens with one attached hydrogen (secondary N) is 1. The molecule has 0 aliphatic heterocycles. The molecule has 4 rings (SSSR count).